The fraction of sp³-hybridized carbons (Fsp3) is 0.421. The van der Waals surface area contributed by atoms with Crippen molar-refractivity contribution < 1.29 is 14.4 Å². The van der Waals surface area contributed by atoms with E-state index in [2.05, 4.69) is 13.8 Å². The molecule has 0 amide bonds. The van der Waals surface area contributed by atoms with Crippen molar-refractivity contribution in [3.05, 3.63) is 40.0 Å². The number of fused-ring (bicyclic) bond motifs is 3. The number of benzene rings is 1. The first kappa shape index (κ1) is 14.9. The van der Waals surface area contributed by atoms with Crippen LogP contribution in [0.4, 0.5) is 0 Å². The van der Waals surface area contributed by atoms with Gasteiger partial charge in [-0.3, -0.25) is 14.4 Å². The molecule has 0 fully saturated rings. The van der Waals surface area contributed by atoms with Gasteiger partial charge in [0.05, 0.1) is 0 Å². The van der Waals surface area contributed by atoms with Crippen molar-refractivity contribution in [2.24, 2.45) is 5.92 Å². The van der Waals surface area contributed by atoms with Gasteiger partial charge in [0.2, 0.25) is 11.6 Å². The van der Waals surface area contributed by atoms with Gasteiger partial charge in [0, 0.05) is 23.1 Å². The molecule has 0 heterocycles. The molecule has 3 rings (SSSR count). The van der Waals surface area contributed by atoms with Gasteiger partial charge >= 0.3 is 0 Å². The molecule has 0 aromatic heterocycles. The van der Waals surface area contributed by atoms with E-state index in [1.54, 1.807) is 6.08 Å². The highest BCUT2D eigenvalue weighted by molar-refractivity contribution is 6.52. The van der Waals surface area contributed by atoms with Crippen LogP contribution in [0.1, 0.15) is 72.4 Å². The largest absolute Gasteiger partial charge is 0.294 e. The van der Waals surface area contributed by atoms with Gasteiger partial charge in [-0.25, -0.2) is 0 Å². The summed E-state index contributed by atoms with van der Waals surface area (Å²) in [7, 11) is 0. The Morgan fingerprint density at radius 1 is 1.00 bits per heavy atom. The lowest BCUT2D eigenvalue weighted by Gasteiger charge is -2.34. The third kappa shape index (κ3) is 1.99. The summed E-state index contributed by atoms with van der Waals surface area (Å²) in [6.07, 6.45) is 2.98. The molecule has 1 aromatic carbocycles. The molecule has 2 aliphatic rings. The van der Waals surface area contributed by atoms with Gasteiger partial charge < -0.3 is 0 Å². The number of ketones is 3. The van der Waals surface area contributed by atoms with Crippen LogP contribution in [0, 0.1) is 5.92 Å². The molecule has 1 aromatic rings. The maximum Gasteiger partial charge on any atom is 0.234 e. The van der Waals surface area contributed by atoms with E-state index in [-0.39, 0.29) is 17.1 Å². The average molecular weight is 296 g/mol. The minimum atomic E-state index is -0.524. The second kappa shape index (κ2) is 4.73. The van der Waals surface area contributed by atoms with Crippen LogP contribution in [0.5, 0.6) is 0 Å². The van der Waals surface area contributed by atoms with E-state index in [0.29, 0.717) is 28.7 Å². The highest BCUT2D eigenvalue weighted by atomic mass is 16.2. The molecule has 0 bridgehead atoms. The van der Waals surface area contributed by atoms with E-state index in [1.807, 2.05) is 26.0 Å². The molecular weight excluding hydrogens is 276 g/mol. The van der Waals surface area contributed by atoms with Crippen molar-refractivity contribution in [3.8, 4) is 0 Å². The quantitative estimate of drug-likeness (QED) is 0.742. The highest BCUT2D eigenvalue weighted by Gasteiger charge is 2.39. The number of rotatable bonds is 1. The van der Waals surface area contributed by atoms with Gasteiger partial charge in [0.1, 0.15) is 0 Å². The minimum Gasteiger partial charge on any atom is -0.294 e. The van der Waals surface area contributed by atoms with E-state index in [9.17, 15) is 14.4 Å². The standard InChI is InChI=1S/C19H20O3/c1-10(2)12-9-11-5-6-13-16(15(11)18(22)17(12)21)14(20)7-8-19(13,3)4/h5-6,9-10H,7-8H2,1-4H3. The predicted octanol–water partition coefficient (Wildman–Crippen LogP) is 3.75. The van der Waals surface area contributed by atoms with Crippen LogP contribution in [0.15, 0.2) is 17.7 Å². The molecule has 22 heavy (non-hydrogen) atoms. The molecule has 3 nitrogen and oxygen atoms in total. The van der Waals surface area contributed by atoms with Gasteiger partial charge in [0.25, 0.3) is 0 Å². The number of Topliss-reactive ketones (excluding diaryl/α,β-unsaturated/α-hetero) is 3. The first-order valence-electron chi connectivity index (χ1n) is 7.75. The Morgan fingerprint density at radius 3 is 2.32 bits per heavy atom. The van der Waals surface area contributed by atoms with Gasteiger partial charge in [-0.2, -0.15) is 0 Å². The summed E-state index contributed by atoms with van der Waals surface area (Å²) in [4.78, 5) is 37.4. The Hall–Kier alpha value is -2.03. The molecule has 0 radical (unpaired) electrons. The van der Waals surface area contributed by atoms with Crippen molar-refractivity contribution in [1.82, 2.24) is 0 Å². The third-order valence-electron chi connectivity index (χ3n) is 4.85. The topological polar surface area (TPSA) is 51.2 Å². The molecule has 0 spiro atoms. The van der Waals surface area contributed by atoms with Crippen LogP contribution in [0.3, 0.4) is 0 Å². The normalized spacial score (nSPS) is 19.9. The molecule has 0 unspecified atom stereocenters. The van der Waals surface area contributed by atoms with E-state index < -0.39 is 11.6 Å². The number of carbonyl (C=O) groups is 3. The number of hydrogen-bond donors (Lipinski definition) is 0. The van der Waals surface area contributed by atoms with Gasteiger partial charge in [-0.15, -0.1) is 0 Å². The van der Waals surface area contributed by atoms with Crippen molar-refractivity contribution in [2.45, 2.75) is 46.0 Å². The Labute approximate surface area is 130 Å². The van der Waals surface area contributed by atoms with Crippen LogP contribution in [-0.2, 0) is 10.2 Å². The SMILES string of the molecule is CC(C)C1=Cc2ccc3c(c2C(=O)C1=O)C(=O)CCC3(C)C. The molecule has 3 heteroatoms. The van der Waals surface area contributed by atoms with Crippen molar-refractivity contribution >= 4 is 23.4 Å². The zero-order valence-corrected chi connectivity index (χ0v) is 13.4. The summed E-state index contributed by atoms with van der Waals surface area (Å²) in [5.74, 6) is -1.02. The monoisotopic (exact) mass is 296 g/mol. The van der Waals surface area contributed by atoms with Gasteiger partial charge in [-0.05, 0) is 35.0 Å². The lowest BCUT2D eigenvalue weighted by atomic mass is 9.69. The molecule has 0 atom stereocenters. The summed E-state index contributed by atoms with van der Waals surface area (Å²) in [6.45, 7) is 7.95. The second-order valence-electron chi connectivity index (χ2n) is 7.17. The molecule has 2 aliphatic carbocycles. The maximum absolute atomic E-state index is 12.6. The van der Waals surface area contributed by atoms with Gasteiger partial charge in [-0.1, -0.05) is 39.8 Å². The number of carbonyl (C=O) groups excluding carboxylic acids is 3. The Balaban J connectivity index is 2.33. The van der Waals surface area contributed by atoms with Crippen LogP contribution in [0.2, 0.25) is 0 Å². The molecule has 114 valence electrons. The smallest absolute Gasteiger partial charge is 0.234 e. The highest BCUT2D eigenvalue weighted by Crippen LogP contribution is 2.41. The average Bonchev–Trinajstić information content (AvgIpc) is 2.45. The molecule has 0 saturated heterocycles. The summed E-state index contributed by atoms with van der Waals surface area (Å²) >= 11 is 0. The van der Waals surface area contributed by atoms with Crippen LogP contribution < -0.4 is 0 Å². The lowest BCUT2D eigenvalue weighted by molar-refractivity contribution is -0.112. The molecule has 0 saturated carbocycles. The van der Waals surface area contributed by atoms with Crippen molar-refractivity contribution in [1.29, 1.82) is 0 Å². The zero-order chi connectivity index (χ0) is 16.2. The third-order valence-corrected chi connectivity index (χ3v) is 4.85. The van der Waals surface area contributed by atoms with Crippen molar-refractivity contribution in [3.63, 3.8) is 0 Å². The fourth-order valence-electron chi connectivity index (χ4n) is 3.43. The Bertz CT molecular complexity index is 748. The Morgan fingerprint density at radius 2 is 1.68 bits per heavy atom. The molecular formula is C19H20O3. The second-order valence-corrected chi connectivity index (χ2v) is 7.17. The number of allylic oxidation sites excluding steroid dienone is 1. The molecule has 0 N–H and O–H groups in total. The Kier molecular flexibility index (Phi) is 3.20. The summed E-state index contributed by atoms with van der Waals surface area (Å²) < 4.78 is 0. The van der Waals surface area contributed by atoms with E-state index >= 15 is 0 Å². The fourth-order valence-corrected chi connectivity index (χ4v) is 3.43. The van der Waals surface area contributed by atoms with E-state index in [0.717, 1.165) is 12.0 Å². The summed E-state index contributed by atoms with van der Waals surface area (Å²) in [5, 5.41) is 0. The predicted molar refractivity (Wildman–Crippen MR) is 85.2 cm³/mol. The van der Waals surface area contributed by atoms with Crippen LogP contribution in [-0.4, -0.2) is 17.3 Å². The zero-order valence-electron chi connectivity index (χ0n) is 13.4. The van der Waals surface area contributed by atoms with Crippen LogP contribution in [0.25, 0.3) is 6.08 Å². The molecule has 0 aliphatic heterocycles. The first-order valence-corrected chi connectivity index (χ1v) is 7.75. The van der Waals surface area contributed by atoms with Gasteiger partial charge in [0.15, 0.2) is 5.78 Å². The van der Waals surface area contributed by atoms with E-state index in [1.165, 1.54) is 0 Å². The number of hydrogen-bond acceptors (Lipinski definition) is 3. The van der Waals surface area contributed by atoms with Crippen molar-refractivity contribution in [2.75, 3.05) is 0 Å². The van der Waals surface area contributed by atoms with Crippen LogP contribution >= 0.6 is 0 Å². The van der Waals surface area contributed by atoms with E-state index in [4.69, 9.17) is 0 Å². The summed E-state index contributed by atoms with van der Waals surface area (Å²) in [6, 6.07) is 3.82. The maximum atomic E-state index is 12.6. The lowest BCUT2D eigenvalue weighted by Crippen LogP contribution is -2.33. The first-order chi connectivity index (χ1) is 10.2. The minimum absolute atomic E-state index is 0.00669. The summed E-state index contributed by atoms with van der Waals surface area (Å²) in [5.41, 5.74) is 2.78.